The van der Waals surface area contributed by atoms with Gasteiger partial charge in [-0.3, -0.25) is 0 Å². The van der Waals surface area contributed by atoms with Gasteiger partial charge in [-0.05, 0) is 11.1 Å². The lowest BCUT2D eigenvalue weighted by molar-refractivity contribution is -0.713. The van der Waals surface area contributed by atoms with Gasteiger partial charge in [-0.1, -0.05) is 71.4 Å². The van der Waals surface area contributed by atoms with Gasteiger partial charge in [0.2, 0.25) is 0 Å². The summed E-state index contributed by atoms with van der Waals surface area (Å²) in [6, 6.07) is 15.5. The highest BCUT2D eigenvalue weighted by atomic mass is 19.5. The fraction of sp³-hybridized carbons (Fsp3) is 0.476. The summed E-state index contributed by atoms with van der Waals surface area (Å²) >= 11 is 0. The molecule has 1 heterocycles. The second-order valence-electron chi connectivity index (χ2n) is 7.27. The molecule has 0 fully saturated rings. The Kier molecular flexibility index (Phi) is 9.00. The first-order chi connectivity index (χ1) is 12.5. The summed E-state index contributed by atoms with van der Waals surface area (Å²) in [5.74, 6) is 1.08. The summed E-state index contributed by atoms with van der Waals surface area (Å²) in [5.41, 5.74) is 5.58. The molecule has 2 aromatic rings. The maximum atomic E-state index is 9.75. The standard InChI is InChI=1S/C21H30N.BF4/c1-6-7-13-22-20(16(2)3)14-19(15-21(22)17(4)5)18-11-9-8-10-12-18;2-1(3,4)5/h8-12,14-17H,6-7,13H2,1-5H3;/q+1;-1. The zero-order chi connectivity index (χ0) is 20.6. The molecule has 150 valence electrons. The molecule has 0 saturated heterocycles. The number of aromatic nitrogens is 1. The van der Waals surface area contributed by atoms with E-state index in [0.717, 1.165) is 6.54 Å². The van der Waals surface area contributed by atoms with Gasteiger partial charge < -0.3 is 17.3 Å². The maximum Gasteiger partial charge on any atom is 0.673 e. The van der Waals surface area contributed by atoms with Crippen LogP contribution in [0.3, 0.4) is 0 Å². The number of unbranched alkanes of at least 4 members (excludes halogenated alkanes) is 1. The summed E-state index contributed by atoms with van der Waals surface area (Å²) < 4.78 is 41.6. The third-order valence-electron chi connectivity index (χ3n) is 4.26. The molecule has 6 heteroatoms. The van der Waals surface area contributed by atoms with E-state index in [1.54, 1.807) is 0 Å². The fourth-order valence-electron chi connectivity index (χ4n) is 2.99. The Bertz CT molecular complexity index is 662. The van der Waals surface area contributed by atoms with Gasteiger partial charge in [0.1, 0.15) is 6.54 Å². The van der Waals surface area contributed by atoms with Crippen LogP contribution >= 0.6 is 0 Å². The largest absolute Gasteiger partial charge is 0.673 e. The van der Waals surface area contributed by atoms with Crippen LogP contribution in [0.15, 0.2) is 42.5 Å². The van der Waals surface area contributed by atoms with Crippen molar-refractivity contribution in [2.45, 2.75) is 65.8 Å². The summed E-state index contributed by atoms with van der Waals surface area (Å²) in [6.45, 7) is 12.6. The molecule has 1 aromatic heterocycles. The number of hydrogen-bond donors (Lipinski definition) is 0. The van der Waals surface area contributed by atoms with E-state index < -0.39 is 7.25 Å². The van der Waals surface area contributed by atoms with Crippen LogP contribution in [-0.2, 0) is 6.54 Å². The van der Waals surface area contributed by atoms with Crippen molar-refractivity contribution in [3.05, 3.63) is 53.9 Å². The van der Waals surface area contributed by atoms with Crippen LogP contribution in [0.4, 0.5) is 17.3 Å². The molecule has 0 aliphatic carbocycles. The Balaban J connectivity index is 0.000000646. The summed E-state index contributed by atoms with van der Waals surface area (Å²) in [7, 11) is -6.00. The number of benzene rings is 1. The molecular weight excluding hydrogens is 353 g/mol. The summed E-state index contributed by atoms with van der Waals surface area (Å²) in [4.78, 5) is 0. The van der Waals surface area contributed by atoms with Crippen molar-refractivity contribution in [3.63, 3.8) is 0 Å². The fourth-order valence-corrected chi connectivity index (χ4v) is 2.99. The molecule has 0 unspecified atom stereocenters. The molecule has 0 aliphatic rings. The normalized spacial score (nSPS) is 11.5. The van der Waals surface area contributed by atoms with Crippen molar-refractivity contribution in [1.29, 1.82) is 0 Å². The molecular formula is C21H30BF4N. The molecule has 0 aliphatic heterocycles. The van der Waals surface area contributed by atoms with E-state index in [0.29, 0.717) is 11.8 Å². The maximum absolute atomic E-state index is 9.75. The van der Waals surface area contributed by atoms with Gasteiger partial charge in [-0.2, -0.15) is 4.57 Å². The van der Waals surface area contributed by atoms with E-state index in [2.05, 4.69) is 81.7 Å². The SMILES string of the molecule is CCCC[n+]1c(C(C)C)cc(-c2ccccc2)cc1C(C)C.F[B-](F)(F)F. The van der Waals surface area contributed by atoms with Gasteiger partial charge in [-0.15, -0.1) is 0 Å². The quantitative estimate of drug-likeness (QED) is 0.288. The average molecular weight is 383 g/mol. The molecule has 0 amide bonds. The third kappa shape index (κ3) is 8.14. The Morgan fingerprint density at radius 3 is 1.63 bits per heavy atom. The minimum atomic E-state index is -6.00. The number of pyridine rings is 1. The van der Waals surface area contributed by atoms with Gasteiger partial charge in [-0.25, -0.2) is 0 Å². The molecule has 0 spiro atoms. The highest BCUT2D eigenvalue weighted by Gasteiger charge is 2.23. The lowest BCUT2D eigenvalue weighted by Crippen LogP contribution is -2.44. The smallest absolute Gasteiger partial charge is 0.418 e. The van der Waals surface area contributed by atoms with Crippen LogP contribution in [0.25, 0.3) is 11.1 Å². The Morgan fingerprint density at radius 1 is 0.815 bits per heavy atom. The molecule has 0 N–H and O–H groups in total. The topological polar surface area (TPSA) is 3.88 Å². The zero-order valence-electron chi connectivity index (χ0n) is 16.9. The lowest BCUT2D eigenvalue weighted by atomic mass is 9.97. The highest BCUT2D eigenvalue weighted by Crippen LogP contribution is 2.26. The molecule has 1 aromatic carbocycles. The molecule has 1 nitrogen and oxygen atoms in total. The monoisotopic (exact) mass is 383 g/mol. The average Bonchev–Trinajstić information content (AvgIpc) is 2.58. The Hall–Kier alpha value is -1.85. The Labute approximate surface area is 160 Å². The van der Waals surface area contributed by atoms with Gasteiger partial charge in [0.25, 0.3) is 0 Å². The van der Waals surface area contributed by atoms with E-state index in [-0.39, 0.29) is 0 Å². The lowest BCUT2D eigenvalue weighted by Gasteiger charge is -2.15. The van der Waals surface area contributed by atoms with Crippen LogP contribution in [0.5, 0.6) is 0 Å². The van der Waals surface area contributed by atoms with Gasteiger partial charge in [0.15, 0.2) is 11.4 Å². The summed E-state index contributed by atoms with van der Waals surface area (Å²) in [6.07, 6.45) is 2.48. The molecule has 0 saturated carbocycles. The highest BCUT2D eigenvalue weighted by molar-refractivity contribution is 6.50. The number of rotatable bonds is 6. The molecule has 0 atom stereocenters. The number of halogens is 4. The Morgan fingerprint density at radius 2 is 1.26 bits per heavy atom. The van der Waals surface area contributed by atoms with Crippen LogP contribution in [0, 0.1) is 0 Å². The second kappa shape index (κ2) is 10.5. The molecule has 2 rings (SSSR count). The van der Waals surface area contributed by atoms with E-state index in [1.165, 1.54) is 35.4 Å². The minimum Gasteiger partial charge on any atom is -0.418 e. The van der Waals surface area contributed by atoms with Gasteiger partial charge in [0.05, 0.1) is 0 Å². The van der Waals surface area contributed by atoms with Gasteiger partial charge >= 0.3 is 7.25 Å². The minimum absolute atomic E-state index is 0.540. The third-order valence-corrected chi connectivity index (χ3v) is 4.26. The predicted molar refractivity (Wildman–Crippen MR) is 105 cm³/mol. The van der Waals surface area contributed by atoms with Crippen molar-refractivity contribution < 1.29 is 21.8 Å². The first-order valence-corrected chi connectivity index (χ1v) is 9.55. The van der Waals surface area contributed by atoms with Crippen LogP contribution < -0.4 is 4.57 Å². The summed E-state index contributed by atoms with van der Waals surface area (Å²) in [5, 5.41) is 0. The van der Waals surface area contributed by atoms with Crippen molar-refractivity contribution in [3.8, 4) is 11.1 Å². The van der Waals surface area contributed by atoms with Crippen molar-refractivity contribution in [1.82, 2.24) is 0 Å². The van der Waals surface area contributed by atoms with Gasteiger partial charge in [0, 0.05) is 30.4 Å². The van der Waals surface area contributed by atoms with E-state index in [4.69, 9.17) is 0 Å². The van der Waals surface area contributed by atoms with Crippen LogP contribution in [-0.4, -0.2) is 7.25 Å². The van der Waals surface area contributed by atoms with Crippen LogP contribution in [0.1, 0.15) is 70.7 Å². The first-order valence-electron chi connectivity index (χ1n) is 9.55. The predicted octanol–water partition coefficient (Wildman–Crippen LogP) is 6.99. The van der Waals surface area contributed by atoms with E-state index >= 15 is 0 Å². The molecule has 27 heavy (non-hydrogen) atoms. The van der Waals surface area contributed by atoms with E-state index in [1.807, 2.05) is 0 Å². The van der Waals surface area contributed by atoms with E-state index in [9.17, 15) is 17.3 Å². The molecule has 0 radical (unpaired) electrons. The first kappa shape index (κ1) is 23.2. The molecule has 0 bridgehead atoms. The second-order valence-corrected chi connectivity index (χ2v) is 7.27. The number of hydrogen-bond acceptors (Lipinski definition) is 0. The van der Waals surface area contributed by atoms with Crippen molar-refractivity contribution in [2.75, 3.05) is 0 Å². The zero-order valence-corrected chi connectivity index (χ0v) is 16.9. The van der Waals surface area contributed by atoms with Crippen LogP contribution in [0.2, 0.25) is 0 Å². The van der Waals surface area contributed by atoms with Crippen molar-refractivity contribution in [2.24, 2.45) is 0 Å². The number of nitrogens with zero attached hydrogens (tertiary/aromatic N) is 1. The van der Waals surface area contributed by atoms with Crippen molar-refractivity contribution >= 4 is 7.25 Å².